The van der Waals surface area contributed by atoms with Crippen molar-refractivity contribution in [1.29, 1.82) is 0 Å². The van der Waals surface area contributed by atoms with Crippen molar-refractivity contribution in [2.45, 2.75) is 37.8 Å². The molecule has 0 amide bonds. The first kappa shape index (κ1) is 9.80. The SMILES string of the molecule is NC1CCC(n2c(Cl)c[nH]c2=O)CC1. The van der Waals surface area contributed by atoms with Crippen LogP contribution in [0, 0.1) is 0 Å². The fourth-order valence-electron chi connectivity index (χ4n) is 2.06. The maximum atomic E-state index is 11.4. The number of rotatable bonds is 1. The van der Waals surface area contributed by atoms with Gasteiger partial charge in [-0.15, -0.1) is 0 Å². The van der Waals surface area contributed by atoms with Crippen LogP contribution in [0.1, 0.15) is 31.7 Å². The maximum absolute atomic E-state index is 11.4. The predicted molar refractivity (Wildman–Crippen MR) is 55.5 cm³/mol. The van der Waals surface area contributed by atoms with Crippen molar-refractivity contribution in [1.82, 2.24) is 9.55 Å². The minimum absolute atomic E-state index is 0.115. The van der Waals surface area contributed by atoms with Crippen LogP contribution < -0.4 is 11.4 Å². The van der Waals surface area contributed by atoms with Gasteiger partial charge in [0.1, 0.15) is 5.15 Å². The van der Waals surface area contributed by atoms with E-state index in [1.807, 2.05) is 0 Å². The Labute approximate surface area is 87.1 Å². The molecule has 0 atom stereocenters. The summed E-state index contributed by atoms with van der Waals surface area (Å²) in [4.78, 5) is 14.0. The highest BCUT2D eigenvalue weighted by atomic mass is 35.5. The number of nitrogens with two attached hydrogens (primary N) is 1. The van der Waals surface area contributed by atoms with Crippen molar-refractivity contribution >= 4 is 11.6 Å². The Balaban J connectivity index is 2.20. The molecule has 0 bridgehead atoms. The van der Waals surface area contributed by atoms with Gasteiger partial charge in [0.25, 0.3) is 0 Å². The number of imidazole rings is 1. The van der Waals surface area contributed by atoms with Gasteiger partial charge in [0.15, 0.2) is 0 Å². The van der Waals surface area contributed by atoms with E-state index in [-0.39, 0.29) is 11.7 Å². The number of nitrogens with one attached hydrogen (secondary N) is 1. The minimum Gasteiger partial charge on any atom is -0.328 e. The zero-order valence-electron chi connectivity index (χ0n) is 7.87. The average molecular weight is 216 g/mol. The first-order chi connectivity index (χ1) is 6.68. The van der Waals surface area contributed by atoms with Crippen molar-refractivity contribution in [2.24, 2.45) is 5.73 Å². The van der Waals surface area contributed by atoms with Gasteiger partial charge >= 0.3 is 5.69 Å². The molecule has 0 unspecified atom stereocenters. The maximum Gasteiger partial charge on any atom is 0.326 e. The lowest BCUT2D eigenvalue weighted by Gasteiger charge is -2.26. The molecular formula is C9H14ClN3O. The zero-order valence-corrected chi connectivity index (χ0v) is 8.63. The number of halogens is 1. The molecule has 0 aliphatic heterocycles. The lowest BCUT2D eigenvalue weighted by atomic mass is 9.92. The number of hydrogen-bond acceptors (Lipinski definition) is 2. The van der Waals surface area contributed by atoms with Gasteiger partial charge in [-0.05, 0) is 25.7 Å². The van der Waals surface area contributed by atoms with Gasteiger partial charge in [-0.3, -0.25) is 4.57 Å². The van der Waals surface area contributed by atoms with E-state index >= 15 is 0 Å². The lowest BCUT2D eigenvalue weighted by molar-refractivity contribution is 0.319. The quantitative estimate of drug-likeness (QED) is 0.741. The Bertz CT molecular complexity index is 362. The summed E-state index contributed by atoms with van der Waals surface area (Å²) in [5, 5.41) is 0.496. The van der Waals surface area contributed by atoms with Crippen LogP contribution in [0.2, 0.25) is 5.15 Å². The van der Waals surface area contributed by atoms with Crippen molar-refractivity contribution in [3.05, 3.63) is 21.8 Å². The van der Waals surface area contributed by atoms with E-state index in [0.717, 1.165) is 25.7 Å². The van der Waals surface area contributed by atoms with E-state index in [0.29, 0.717) is 11.2 Å². The lowest BCUT2D eigenvalue weighted by Crippen LogP contribution is -2.31. The third kappa shape index (κ3) is 1.72. The van der Waals surface area contributed by atoms with E-state index in [9.17, 15) is 4.79 Å². The summed E-state index contributed by atoms with van der Waals surface area (Å²) in [5.74, 6) is 0. The molecule has 2 rings (SSSR count). The van der Waals surface area contributed by atoms with Crippen LogP contribution in [-0.4, -0.2) is 15.6 Å². The normalized spacial score (nSPS) is 27.9. The Kier molecular flexibility index (Phi) is 2.65. The van der Waals surface area contributed by atoms with Crippen LogP contribution in [0.15, 0.2) is 11.0 Å². The van der Waals surface area contributed by atoms with Crippen LogP contribution in [0.25, 0.3) is 0 Å². The molecule has 0 saturated heterocycles. The minimum atomic E-state index is -0.115. The molecular weight excluding hydrogens is 202 g/mol. The molecule has 78 valence electrons. The average Bonchev–Trinajstić information content (AvgIpc) is 2.49. The zero-order chi connectivity index (χ0) is 10.1. The fourth-order valence-corrected chi connectivity index (χ4v) is 2.33. The highest BCUT2D eigenvalue weighted by Gasteiger charge is 2.22. The molecule has 14 heavy (non-hydrogen) atoms. The summed E-state index contributed by atoms with van der Waals surface area (Å²) >= 11 is 5.92. The Hall–Kier alpha value is -0.740. The van der Waals surface area contributed by atoms with E-state index in [1.54, 1.807) is 10.8 Å². The van der Waals surface area contributed by atoms with Crippen LogP contribution in [0.4, 0.5) is 0 Å². The van der Waals surface area contributed by atoms with Gasteiger partial charge in [0.2, 0.25) is 0 Å². The number of nitrogens with zero attached hydrogens (tertiary/aromatic N) is 1. The van der Waals surface area contributed by atoms with Gasteiger partial charge in [-0.25, -0.2) is 4.79 Å². The van der Waals surface area contributed by atoms with Gasteiger partial charge < -0.3 is 10.7 Å². The number of aromatic amines is 1. The molecule has 0 spiro atoms. The topological polar surface area (TPSA) is 63.8 Å². The number of hydrogen-bond donors (Lipinski definition) is 2. The van der Waals surface area contributed by atoms with Gasteiger partial charge in [-0.2, -0.15) is 0 Å². The second-order valence-corrected chi connectivity index (χ2v) is 4.24. The Morgan fingerprint density at radius 2 is 2.07 bits per heavy atom. The number of H-pyrrole nitrogens is 1. The van der Waals surface area contributed by atoms with Crippen molar-refractivity contribution in [3.8, 4) is 0 Å². The van der Waals surface area contributed by atoms with E-state index in [2.05, 4.69) is 4.98 Å². The molecule has 5 heteroatoms. The summed E-state index contributed by atoms with van der Waals surface area (Å²) in [6.45, 7) is 0. The van der Waals surface area contributed by atoms with Crippen molar-refractivity contribution < 1.29 is 0 Å². The standard InChI is InChI=1S/C9H14ClN3O/c10-8-5-12-9(14)13(8)7-3-1-6(11)2-4-7/h5-7H,1-4,11H2,(H,12,14). The first-order valence-electron chi connectivity index (χ1n) is 4.89. The van der Waals surface area contributed by atoms with Crippen LogP contribution >= 0.6 is 11.6 Å². The fraction of sp³-hybridized carbons (Fsp3) is 0.667. The van der Waals surface area contributed by atoms with E-state index in [1.165, 1.54) is 0 Å². The van der Waals surface area contributed by atoms with Crippen LogP contribution in [0.5, 0.6) is 0 Å². The second-order valence-electron chi connectivity index (χ2n) is 3.86. The smallest absolute Gasteiger partial charge is 0.326 e. The predicted octanol–water partition coefficient (Wildman–Crippen LogP) is 1.27. The van der Waals surface area contributed by atoms with E-state index < -0.39 is 0 Å². The molecule has 1 aromatic heterocycles. The summed E-state index contributed by atoms with van der Waals surface area (Å²) < 4.78 is 1.63. The molecule has 3 N–H and O–H groups in total. The van der Waals surface area contributed by atoms with Gasteiger partial charge in [-0.1, -0.05) is 11.6 Å². The molecule has 0 aromatic carbocycles. The van der Waals surface area contributed by atoms with Crippen molar-refractivity contribution in [2.75, 3.05) is 0 Å². The third-order valence-electron chi connectivity index (χ3n) is 2.87. The van der Waals surface area contributed by atoms with E-state index in [4.69, 9.17) is 17.3 Å². The van der Waals surface area contributed by atoms with Gasteiger partial charge in [0, 0.05) is 18.3 Å². The monoisotopic (exact) mass is 215 g/mol. The summed E-state index contributed by atoms with van der Waals surface area (Å²) in [7, 11) is 0. The molecule has 1 aromatic rings. The summed E-state index contributed by atoms with van der Waals surface area (Å²) in [6.07, 6.45) is 5.37. The second kappa shape index (κ2) is 3.79. The largest absolute Gasteiger partial charge is 0.328 e. The van der Waals surface area contributed by atoms with Crippen molar-refractivity contribution in [3.63, 3.8) is 0 Å². The highest BCUT2D eigenvalue weighted by molar-refractivity contribution is 6.29. The Morgan fingerprint density at radius 1 is 1.43 bits per heavy atom. The molecule has 1 fully saturated rings. The molecule has 0 radical (unpaired) electrons. The summed E-state index contributed by atoms with van der Waals surface area (Å²) in [6, 6.07) is 0.515. The summed E-state index contributed by atoms with van der Waals surface area (Å²) in [5.41, 5.74) is 5.68. The molecule has 1 heterocycles. The number of aromatic nitrogens is 2. The third-order valence-corrected chi connectivity index (χ3v) is 3.16. The molecule has 1 saturated carbocycles. The van der Waals surface area contributed by atoms with Crippen LogP contribution in [-0.2, 0) is 0 Å². The first-order valence-corrected chi connectivity index (χ1v) is 5.27. The van der Waals surface area contributed by atoms with Gasteiger partial charge in [0.05, 0.1) is 0 Å². The molecule has 4 nitrogen and oxygen atoms in total. The highest BCUT2D eigenvalue weighted by Crippen LogP contribution is 2.28. The molecule has 1 aliphatic rings. The molecule has 1 aliphatic carbocycles. The Morgan fingerprint density at radius 3 is 2.57 bits per heavy atom. The van der Waals surface area contributed by atoms with Crippen LogP contribution in [0.3, 0.4) is 0 Å².